The molecule has 0 aromatic heterocycles. The van der Waals surface area contributed by atoms with Crippen molar-refractivity contribution in [2.75, 3.05) is 11.1 Å². The minimum atomic E-state index is -4.76. The number of thiol groups is 1. The second kappa shape index (κ2) is 17.9. The molecule has 10 heteroatoms. The number of nitrogens with one attached hydrogen (secondary N) is 1. The highest BCUT2D eigenvalue weighted by atomic mass is 32.2. The second-order valence-corrected chi connectivity index (χ2v) is 8.44. The third-order valence-corrected chi connectivity index (χ3v) is 5.56. The Bertz CT molecular complexity index is 987. The van der Waals surface area contributed by atoms with Crippen molar-refractivity contribution < 1.29 is 27.5 Å². The van der Waals surface area contributed by atoms with E-state index in [0.717, 1.165) is 35.2 Å². The van der Waals surface area contributed by atoms with Gasteiger partial charge in [-0.25, -0.2) is 4.39 Å². The van der Waals surface area contributed by atoms with Gasteiger partial charge in [0.1, 0.15) is 11.4 Å². The summed E-state index contributed by atoms with van der Waals surface area (Å²) in [6.07, 6.45) is -3.78. The van der Waals surface area contributed by atoms with E-state index in [-0.39, 0.29) is 11.4 Å². The SMILES string of the molecule is C=C(S)CC.CC.CC.CC(O)(CSc1ccc(F)cc1)C(=O)Nc1ccc(C#N)c(C(F)(F)F)c1. The summed E-state index contributed by atoms with van der Waals surface area (Å²) < 4.78 is 51.8. The minimum absolute atomic E-state index is 0.104. The molecule has 0 aliphatic heterocycles. The van der Waals surface area contributed by atoms with Crippen molar-refractivity contribution in [3.8, 4) is 6.07 Å². The number of halogens is 4. The first-order valence-corrected chi connectivity index (χ1v) is 12.6. The standard InChI is InChI=1S/C18H14F4N2O2S.C4H8S.2C2H6/c1-17(26,10-27-14-6-3-12(19)4-7-14)16(25)24-13-5-2-11(9-23)15(8-13)18(20,21)22;1-3-4(2)5;2*1-2/h2-8,26H,10H2,1H3,(H,24,25);5H,2-3H2,1H3;2*1-2H3. The van der Waals surface area contributed by atoms with Gasteiger partial charge in [0, 0.05) is 16.3 Å². The Balaban J connectivity index is 0. The fraction of sp³-hybridized carbons (Fsp3) is 0.385. The number of hydrogen-bond acceptors (Lipinski definition) is 5. The topological polar surface area (TPSA) is 73.1 Å². The summed E-state index contributed by atoms with van der Waals surface area (Å²) in [7, 11) is 0. The number of nitriles is 1. The van der Waals surface area contributed by atoms with Gasteiger partial charge in [0.2, 0.25) is 0 Å². The molecular formula is C26H34F4N2O2S2. The Hall–Kier alpha value is -2.48. The van der Waals surface area contributed by atoms with Gasteiger partial charge >= 0.3 is 6.18 Å². The highest BCUT2D eigenvalue weighted by Gasteiger charge is 2.35. The first-order chi connectivity index (χ1) is 16.8. The quantitative estimate of drug-likeness (QED) is 0.194. The third kappa shape index (κ3) is 13.6. The molecule has 0 saturated heterocycles. The van der Waals surface area contributed by atoms with Crippen LogP contribution in [0.3, 0.4) is 0 Å². The Morgan fingerprint density at radius 1 is 1.14 bits per heavy atom. The fourth-order valence-electron chi connectivity index (χ4n) is 2.04. The first-order valence-electron chi connectivity index (χ1n) is 11.2. The number of amides is 1. The van der Waals surface area contributed by atoms with Crippen LogP contribution in [0.15, 0.2) is 58.8 Å². The lowest BCUT2D eigenvalue weighted by molar-refractivity contribution is -0.137. The average molecular weight is 547 g/mol. The van der Waals surface area contributed by atoms with Crippen LogP contribution in [-0.2, 0) is 11.0 Å². The lowest BCUT2D eigenvalue weighted by atomic mass is 10.1. The molecule has 0 spiro atoms. The number of aliphatic hydroxyl groups is 1. The largest absolute Gasteiger partial charge is 0.417 e. The van der Waals surface area contributed by atoms with E-state index in [2.05, 4.69) is 24.5 Å². The maximum Gasteiger partial charge on any atom is 0.417 e. The highest BCUT2D eigenvalue weighted by molar-refractivity contribution is 7.99. The maximum absolute atomic E-state index is 13.0. The van der Waals surface area contributed by atoms with E-state index >= 15 is 0 Å². The van der Waals surface area contributed by atoms with Gasteiger partial charge in [0.25, 0.3) is 5.91 Å². The van der Waals surface area contributed by atoms with E-state index in [1.54, 1.807) is 0 Å². The number of nitrogens with zero attached hydrogens (tertiary/aromatic N) is 1. The molecular weight excluding hydrogens is 512 g/mol. The van der Waals surface area contributed by atoms with Crippen LogP contribution in [0, 0.1) is 17.1 Å². The van der Waals surface area contributed by atoms with Crippen molar-refractivity contribution in [2.45, 2.75) is 64.6 Å². The molecule has 0 radical (unpaired) electrons. The van der Waals surface area contributed by atoms with Crippen molar-refractivity contribution in [1.29, 1.82) is 5.26 Å². The number of hydrogen-bond donors (Lipinski definition) is 3. The van der Waals surface area contributed by atoms with E-state index < -0.39 is 34.6 Å². The van der Waals surface area contributed by atoms with Gasteiger partial charge < -0.3 is 10.4 Å². The van der Waals surface area contributed by atoms with Gasteiger partial charge in [-0.3, -0.25) is 4.79 Å². The van der Waals surface area contributed by atoms with Crippen molar-refractivity contribution in [1.82, 2.24) is 0 Å². The Labute approximate surface area is 221 Å². The number of benzene rings is 2. The normalized spacial score (nSPS) is 11.5. The summed E-state index contributed by atoms with van der Waals surface area (Å²) >= 11 is 4.99. The van der Waals surface area contributed by atoms with Crippen LogP contribution in [0.4, 0.5) is 23.2 Å². The molecule has 2 N–H and O–H groups in total. The molecule has 4 nitrogen and oxygen atoms in total. The van der Waals surface area contributed by atoms with Crippen LogP contribution in [0.1, 0.15) is 59.1 Å². The Kier molecular flexibility index (Phi) is 17.7. The van der Waals surface area contributed by atoms with Crippen LogP contribution in [0.5, 0.6) is 0 Å². The van der Waals surface area contributed by atoms with Crippen molar-refractivity contribution in [3.05, 3.63) is 70.9 Å². The number of carbonyl (C=O) groups excluding carboxylic acids is 1. The molecule has 1 atom stereocenters. The van der Waals surface area contributed by atoms with Gasteiger partial charge in [-0.15, -0.1) is 24.4 Å². The maximum atomic E-state index is 13.0. The molecule has 0 heterocycles. The number of allylic oxidation sites excluding steroid dienone is 1. The lowest BCUT2D eigenvalue weighted by Gasteiger charge is -2.22. The molecule has 2 aromatic carbocycles. The van der Waals surface area contributed by atoms with E-state index in [4.69, 9.17) is 5.26 Å². The zero-order valence-electron chi connectivity index (χ0n) is 21.3. The molecule has 200 valence electrons. The molecule has 2 rings (SSSR count). The van der Waals surface area contributed by atoms with Crippen molar-refractivity contribution in [3.63, 3.8) is 0 Å². The van der Waals surface area contributed by atoms with Crippen LogP contribution in [0.2, 0.25) is 0 Å². The van der Waals surface area contributed by atoms with Gasteiger partial charge in [-0.1, -0.05) is 41.2 Å². The molecule has 2 aromatic rings. The number of thioether (sulfide) groups is 1. The van der Waals surface area contributed by atoms with Crippen LogP contribution < -0.4 is 5.32 Å². The van der Waals surface area contributed by atoms with Crippen LogP contribution in [0.25, 0.3) is 0 Å². The Morgan fingerprint density at radius 2 is 1.64 bits per heavy atom. The molecule has 0 saturated carbocycles. The summed E-state index contributed by atoms with van der Waals surface area (Å²) in [5, 5.41) is 21.3. The van der Waals surface area contributed by atoms with Crippen LogP contribution in [-0.4, -0.2) is 22.4 Å². The lowest BCUT2D eigenvalue weighted by Crippen LogP contribution is -2.42. The summed E-state index contributed by atoms with van der Waals surface area (Å²) in [4.78, 5) is 13.8. The fourth-order valence-corrected chi connectivity index (χ4v) is 2.95. The predicted octanol–water partition coefficient (Wildman–Crippen LogP) is 8.09. The van der Waals surface area contributed by atoms with E-state index in [1.807, 2.05) is 34.6 Å². The molecule has 0 fully saturated rings. The summed E-state index contributed by atoms with van der Waals surface area (Å²) in [6.45, 7) is 14.8. The number of rotatable bonds is 6. The van der Waals surface area contributed by atoms with E-state index in [9.17, 15) is 27.5 Å². The molecule has 0 aliphatic rings. The van der Waals surface area contributed by atoms with Crippen LogP contribution >= 0.6 is 24.4 Å². The molecule has 36 heavy (non-hydrogen) atoms. The summed E-state index contributed by atoms with van der Waals surface area (Å²) in [5.74, 6) is -1.44. The van der Waals surface area contributed by atoms with Gasteiger partial charge in [0.05, 0.1) is 17.2 Å². The van der Waals surface area contributed by atoms with Gasteiger partial charge in [-0.05, 0) is 60.7 Å². The third-order valence-electron chi connectivity index (χ3n) is 3.93. The van der Waals surface area contributed by atoms with E-state index in [1.165, 1.54) is 37.3 Å². The Morgan fingerprint density at radius 3 is 2.06 bits per heavy atom. The number of anilines is 1. The predicted molar refractivity (Wildman–Crippen MR) is 144 cm³/mol. The van der Waals surface area contributed by atoms with Crippen molar-refractivity contribution in [2.24, 2.45) is 0 Å². The number of carbonyl (C=O) groups is 1. The van der Waals surface area contributed by atoms with E-state index in [0.29, 0.717) is 11.0 Å². The zero-order chi connectivity index (χ0) is 28.5. The van der Waals surface area contributed by atoms with Gasteiger partial charge in [0.15, 0.2) is 0 Å². The molecule has 1 unspecified atom stereocenters. The smallest absolute Gasteiger partial charge is 0.379 e. The average Bonchev–Trinajstić information content (AvgIpc) is 2.86. The minimum Gasteiger partial charge on any atom is -0.379 e. The zero-order valence-corrected chi connectivity index (χ0v) is 23.0. The first kappa shape index (κ1) is 35.7. The molecule has 1 amide bonds. The monoisotopic (exact) mass is 546 g/mol. The van der Waals surface area contributed by atoms with Crippen molar-refractivity contribution >= 4 is 36.0 Å². The molecule has 0 bridgehead atoms. The summed E-state index contributed by atoms with van der Waals surface area (Å²) in [6, 6.07) is 9.58. The number of alkyl halides is 3. The highest BCUT2D eigenvalue weighted by Crippen LogP contribution is 2.34. The second-order valence-electron chi connectivity index (χ2n) is 6.76. The molecule has 0 aliphatic carbocycles. The summed E-state index contributed by atoms with van der Waals surface area (Å²) in [5.41, 5.74) is -3.84. The van der Waals surface area contributed by atoms with Gasteiger partial charge in [-0.2, -0.15) is 18.4 Å².